The summed E-state index contributed by atoms with van der Waals surface area (Å²) in [6, 6.07) is 5.53. The van der Waals surface area contributed by atoms with Crippen LogP contribution in [0.5, 0.6) is 0 Å². The Morgan fingerprint density at radius 3 is 2.03 bits per heavy atom. The minimum atomic E-state index is -4.74. The summed E-state index contributed by atoms with van der Waals surface area (Å²) < 4.78 is 60.1. The molecule has 2 aliphatic heterocycles. The van der Waals surface area contributed by atoms with Crippen molar-refractivity contribution in [1.82, 2.24) is 9.80 Å². The number of nitrogen functional groups attached to an aromatic ring is 2. The lowest BCUT2D eigenvalue weighted by Crippen LogP contribution is -2.61. The predicted octanol–water partition coefficient (Wildman–Crippen LogP) is 2.68. The maximum Gasteiger partial charge on any atom is 0.417 e. The number of benzene rings is 2. The molecule has 4 N–H and O–H groups in total. The molecule has 7 nitrogen and oxygen atoms in total. The quantitative estimate of drug-likeness (QED) is 0.524. The van der Waals surface area contributed by atoms with Gasteiger partial charge in [-0.05, 0) is 42.8 Å². The first-order valence-electron chi connectivity index (χ1n) is 10.2. The summed E-state index contributed by atoms with van der Waals surface area (Å²) in [5.41, 5.74) is 9.99. The zero-order chi connectivity index (χ0) is 24.1. The van der Waals surface area contributed by atoms with Gasteiger partial charge in [-0.1, -0.05) is 0 Å². The van der Waals surface area contributed by atoms with Crippen LogP contribution in [0.1, 0.15) is 31.8 Å². The third-order valence-electron chi connectivity index (χ3n) is 5.81. The summed E-state index contributed by atoms with van der Waals surface area (Å²) >= 11 is 0. The molecule has 33 heavy (non-hydrogen) atoms. The van der Waals surface area contributed by atoms with Crippen LogP contribution in [0.4, 0.5) is 28.9 Å². The van der Waals surface area contributed by atoms with Gasteiger partial charge in [0.25, 0.3) is 11.8 Å². The van der Waals surface area contributed by atoms with Crippen LogP contribution in [0.25, 0.3) is 0 Å². The topological polar surface area (TPSA) is 102 Å². The maximum atomic E-state index is 13.9. The van der Waals surface area contributed by atoms with Crippen LogP contribution in [0.3, 0.4) is 0 Å². The number of morpholine rings is 2. The Morgan fingerprint density at radius 2 is 1.48 bits per heavy atom. The molecule has 0 radical (unpaired) electrons. The first-order chi connectivity index (χ1) is 15.4. The molecule has 2 aromatic carbocycles. The molecular weight excluding hydrogens is 444 g/mol. The molecule has 0 unspecified atom stereocenters. The Balaban J connectivity index is 1.52. The van der Waals surface area contributed by atoms with Crippen LogP contribution < -0.4 is 11.5 Å². The van der Waals surface area contributed by atoms with Crippen molar-refractivity contribution in [2.45, 2.75) is 25.3 Å². The van der Waals surface area contributed by atoms with Gasteiger partial charge in [0.1, 0.15) is 5.82 Å². The molecule has 2 saturated heterocycles. The Hall–Kier alpha value is -3.34. The molecule has 176 valence electrons. The highest BCUT2D eigenvalue weighted by Crippen LogP contribution is 2.34. The van der Waals surface area contributed by atoms with Crippen molar-refractivity contribution < 1.29 is 31.9 Å². The fraction of sp³-hybridized carbons (Fsp3) is 0.364. The van der Waals surface area contributed by atoms with Crippen molar-refractivity contribution in [2.24, 2.45) is 0 Å². The standard InChI is InChI=1S/C22H22F4N4O3/c1-11-4-19(28)18(23)6-16(11)21(32)30-9-13-7-29(8-14(10-30)33-13)20(31)15-3-2-12(27)5-17(15)22(24,25)26/h2-6,13-14H,7-10,27-28H2,1H3/t13-,14+. The highest BCUT2D eigenvalue weighted by Gasteiger charge is 2.41. The summed E-state index contributed by atoms with van der Waals surface area (Å²) in [6.45, 7) is 1.89. The number of nitrogens with zero attached hydrogens (tertiary/aromatic N) is 2. The second kappa shape index (κ2) is 8.22. The number of carbonyl (C=O) groups is 2. The number of nitrogens with two attached hydrogens (primary N) is 2. The van der Waals surface area contributed by atoms with Gasteiger partial charge in [0, 0.05) is 37.4 Å². The second-order valence-electron chi connectivity index (χ2n) is 8.29. The molecule has 2 heterocycles. The van der Waals surface area contributed by atoms with E-state index in [0.29, 0.717) is 5.56 Å². The molecule has 2 fully saturated rings. The smallest absolute Gasteiger partial charge is 0.399 e. The fourth-order valence-corrected chi connectivity index (χ4v) is 4.28. The van der Waals surface area contributed by atoms with Crippen molar-refractivity contribution in [3.8, 4) is 0 Å². The van der Waals surface area contributed by atoms with Gasteiger partial charge >= 0.3 is 6.18 Å². The molecule has 2 atom stereocenters. The third-order valence-corrected chi connectivity index (χ3v) is 5.81. The van der Waals surface area contributed by atoms with E-state index in [1.807, 2.05) is 0 Å². The van der Waals surface area contributed by atoms with Crippen LogP contribution in [-0.2, 0) is 10.9 Å². The number of amides is 2. The monoisotopic (exact) mass is 466 g/mol. The fourth-order valence-electron chi connectivity index (χ4n) is 4.28. The Bertz CT molecular complexity index is 1110. The summed E-state index contributed by atoms with van der Waals surface area (Å²) in [5.74, 6) is -1.88. The molecule has 2 bridgehead atoms. The zero-order valence-corrected chi connectivity index (χ0v) is 17.7. The van der Waals surface area contributed by atoms with Crippen LogP contribution in [-0.4, -0.2) is 60.0 Å². The number of anilines is 2. The molecule has 0 aliphatic carbocycles. The molecule has 11 heteroatoms. The van der Waals surface area contributed by atoms with Gasteiger partial charge in [-0.15, -0.1) is 0 Å². The van der Waals surface area contributed by atoms with E-state index in [9.17, 15) is 27.2 Å². The number of halogens is 4. The van der Waals surface area contributed by atoms with Gasteiger partial charge in [-0.3, -0.25) is 9.59 Å². The van der Waals surface area contributed by atoms with Crippen molar-refractivity contribution >= 4 is 23.2 Å². The molecule has 0 saturated carbocycles. The minimum Gasteiger partial charge on any atom is -0.399 e. The van der Waals surface area contributed by atoms with Crippen molar-refractivity contribution in [2.75, 3.05) is 37.6 Å². The van der Waals surface area contributed by atoms with Crippen LogP contribution in [0.15, 0.2) is 30.3 Å². The number of rotatable bonds is 2. The van der Waals surface area contributed by atoms with Crippen molar-refractivity contribution in [3.05, 3.63) is 58.4 Å². The average molecular weight is 466 g/mol. The minimum absolute atomic E-state index is 0.00979. The van der Waals surface area contributed by atoms with E-state index < -0.39 is 47.1 Å². The summed E-state index contributed by atoms with van der Waals surface area (Å²) in [7, 11) is 0. The van der Waals surface area contributed by atoms with E-state index in [-0.39, 0.29) is 43.1 Å². The number of hydrogen-bond acceptors (Lipinski definition) is 5. The van der Waals surface area contributed by atoms with E-state index in [2.05, 4.69) is 0 Å². The lowest BCUT2D eigenvalue weighted by atomic mass is 10.0. The molecule has 0 aromatic heterocycles. The van der Waals surface area contributed by atoms with Gasteiger partial charge in [-0.25, -0.2) is 4.39 Å². The zero-order valence-electron chi connectivity index (χ0n) is 17.7. The number of ether oxygens (including phenoxy) is 1. The van der Waals surface area contributed by atoms with Gasteiger partial charge in [0.05, 0.1) is 29.0 Å². The van der Waals surface area contributed by atoms with E-state index >= 15 is 0 Å². The van der Waals surface area contributed by atoms with Gasteiger partial charge < -0.3 is 26.0 Å². The average Bonchev–Trinajstić information content (AvgIpc) is 2.74. The highest BCUT2D eigenvalue weighted by atomic mass is 19.4. The van der Waals surface area contributed by atoms with Crippen LogP contribution in [0.2, 0.25) is 0 Å². The van der Waals surface area contributed by atoms with E-state index in [4.69, 9.17) is 16.2 Å². The number of hydrogen-bond donors (Lipinski definition) is 2. The van der Waals surface area contributed by atoms with Gasteiger partial charge in [-0.2, -0.15) is 13.2 Å². The third kappa shape index (κ3) is 4.45. The molecule has 2 amide bonds. The molecule has 2 aromatic rings. The lowest BCUT2D eigenvalue weighted by molar-refractivity contribution is -0.138. The highest BCUT2D eigenvalue weighted by molar-refractivity contribution is 5.97. The lowest BCUT2D eigenvalue weighted by Gasteiger charge is -2.46. The Morgan fingerprint density at radius 1 is 0.939 bits per heavy atom. The van der Waals surface area contributed by atoms with Gasteiger partial charge in [0.15, 0.2) is 0 Å². The number of alkyl halides is 3. The molecule has 0 spiro atoms. The first-order valence-corrected chi connectivity index (χ1v) is 10.2. The Labute approximate surface area is 186 Å². The molecule has 4 rings (SSSR count). The number of fused-ring (bicyclic) bond motifs is 2. The SMILES string of the molecule is Cc1cc(N)c(F)cc1C(=O)N1C[C@@H]2CN(C(=O)c3ccc(N)cc3C(F)(F)F)C[C@H](C1)O2. The normalized spacial score (nSPS) is 20.6. The predicted molar refractivity (Wildman–Crippen MR) is 112 cm³/mol. The van der Waals surface area contributed by atoms with Crippen LogP contribution >= 0.6 is 0 Å². The summed E-state index contributed by atoms with van der Waals surface area (Å²) in [4.78, 5) is 28.7. The van der Waals surface area contributed by atoms with E-state index in [1.54, 1.807) is 6.92 Å². The summed E-state index contributed by atoms with van der Waals surface area (Å²) in [5, 5.41) is 0. The largest absolute Gasteiger partial charge is 0.417 e. The molecular formula is C22H22F4N4O3. The van der Waals surface area contributed by atoms with Gasteiger partial charge in [0.2, 0.25) is 0 Å². The Kier molecular flexibility index (Phi) is 5.69. The first kappa shape index (κ1) is 22.8. The van der Waals surface area contributed by atoms with E-state index in [0.717, 1.165) is 18.2 Å². The number of aryl methyl sites for hydroxylation is 1. The molecule has 2 aliphatic rings. The summed E-state index contributed by atoms with van der Waals surface area (Å²) in [6.07, 6.45) is -5.92. The van der Waals surface area contributed by atoms with E-state index in [1.165, 1.54) is 21.9 Å². The van der Waals surface area contributed by atoms with Crippen molar-refractivity contribution in [3.63, 3.8) is 0 Å². The maximum absolute atomic E-state index is 13.9. The van der Waals surface area contributed by atoms with Crippen LogP contribution in [0, 0.1) is 12.7 Å². The second-order valence-corrected chi connectivity index (χ2v) is 8.29. The van der Waals surface area contributed by atoms with Crippen molar-refractivity contribution in [1.29, 1.82) is 0 Å². The number of carbonyl (C=O) groups excluding carboxylic acids is 2.